The molecule has 0 aromatic heterocycles. The highest BCUT2D eigenvalue weighted by atomic mass is 19.1. The maximum atomic E-state index is 13.5. The van der Waals surface area contributed by atoms with Gasteiger partial charge in [0, 0.05) is 6.07 Å². The molecule has 0 aliphatic rings. The predicted octanol–water partition coefficient (Wildman–Crippen LogP) is 0.816. The van der Waals surface area contributed by atoms with E-state index in [4.69, 9.17) is 14.6 Å². The first-order chi connectivity index (χ1) is 7.93. The smallest absolute Gasteiger partial charge is 0.377 e. The summed E-state index contributed by atoms with van der Waals surface area (Å²) in [5.41, 5.74) is -0.878. The largest absolute Gasteiger partial charge is 0.505 e. The number of methoxy groups -OCH3 is 2. The van der Waals surface area contributed by atoms with E-state index in [0.29, 0.717) is 0 Å². The molecule has 0 fully saturated rings. The summed E-state index contributed by atoms with van der Waals surface area (Å²) in [7, 11) is 2.32. The highest BCUT2D eigenvalue weighted by Crippen LogP contribution is 2.38. The number of Topliss-reactive ketones (excluding diaryl/α,β-unsaturated/α-hetero) is 1. The van der Waals surface area contributed by atoms with Gasteiger partial charge in [-0.1, -0.05) is 0 Å². The van der Waals surface area contributed by atoms with Crippen LogP contribution in [0.25, 0.3) is 0 Å². The van der Waals surface area contributed by atoms with Crippen molar-refractivity contribution in [2.45, 2.75) is 0 Å². The van der Waals surface area contributed by atoms with Crippen LogP contribution in [-0.4, -0.2) is 36.2 Å². The maximum Gasteiger partial charge on any atom is 0.377 e. The van der Waals surface area contributed by atoms with Crippen molar-refractivity contribution in [3.8, 4) is 17.2 Å². The molecule has 0 heterocycles. The molecule has 92 valence electrons. The zero-order valence-corrected chi connectivity index (χ0v) is 8.98. The van der Waals surface area contributed by atoms with Crippen LogP contribution >= 0.6 is 0 Å². The van der Waals surface area contributed by atoms with Crippen LogP contribution in [0.15, 0.2) is 6.07 Å². The number of hydrogen-bond donors (Lipinski definition) is 2. The lowest BCUT2D eigenvalue weighted by Gasteiger charge is -2.12. The monoisotopic (exact) mass is 244 g/mol. The number of phenols is 1. The van der Waals surface area contributed by atoms with Crippen molar-refractivity contribution in [3.63, 3.8) is 0 Å². The molecule has 0 saturated carbocycles. The summed E-state index contributed by atoms with van der Waals surface area (Å²) in [5, 5.41) is 17.7. The number of aromatic hydroxyl groups is 1. The van der Waals surface area contributed by atoms with Gasteiger partial charge in [0.25, 0.3) is 5.78 Å². The van der Waals surface area contributed by atoms with E-state index >= 15 is 0 Å². The van der Waals surface area contributed by atoms with Crippen molar-refractivity contribution in [3.05, 3.63) is 17.4 Å². The van der Waals surface area contributed by atoms with E-state index in [2.05, 4.69) is 0 Å². The molecule has 1 aromatic carbocycles. The Labute approximate surface area is 95.2 Å². The molecule has 0 aliphatic heterocycles. The Balaban J connectivity index is 3.60. The van der Waals surface area contributed by atoms with Crippen LogP contribution < -0.4 is 9.47 Å². The second-order valence-electron chi connectivity index (χ2n) is 2.95. The number of carboxylic acid groups (broad SMARTS) is 1. The predicted molar refractivity (Wildman–Crippen MR) is 53.1 cm³/mol. The SMILES string of the molecule is COc1cc(O)c(F)c(C(=O)C(=O)O)c1OC. The first kappa shape index (κ1) is 12.8. The Morgan fingerprint density at radius 2 is 1.88 bits per heavy atom. The standard InChI is InChI=1S/C10H9FO6/c1-16-5-3-4(12)7(11)6(9(5)17-2)8(13)10(14)15/h3,12H,1-2H3,(H,14,15). The van der Waals surface area contributed by atoms with Crippen molar-refractivity contribution in [1.82, 2.24) is 0 Å². The molecule has 7 heteroatoms. The Bertz CT molecular complexity index is 482. The first-order valence-corrected chi connectivity index (χ1v) is 4.35. The van der Waals surface area contributed by atoms with Crippen LogP contribution in [0.2, 0.25) is 0 Å². The maximum absolute atomic E-state index is 13.5. The molecule has 0 spiro atoms. The van der Waals surface area contributed by atoms with E-state index in [-0.39, 0.29) is 11.5 Å². The van der Waals surface area contributed by atoms with Crippen molar-refractivity contribution in [2.24, 2.45) is 0 Å². The van der Waals surface area contributed by atoms with Gasteiger partial charge in [0.05, 0.1) is 14.2 Å². The molecule has 0 saturated heterocycles. The summed E-state index contributed by atoms with van der Waals surface area (Å²) in [6.07, 6.45) is 0. The number of ketones is 1. The second-order valence-corrected chi connectivity index (χ2v) is 2.95. The summed E-state index contributed by atoms with van der Waals surface area (Å²) >= 11 is 0. The minimum Gasteiger partial charge on any atom is -0.505 e. The number of benzene rings is 1. The summed E-state index contributed by atoms with van der Waals surface area (Å²) < 4.78 is 23.0. The third-order valence-electron chi connectivity index (χ3n) is 2.01. The lowest BCUT2D eigenvalue weighted by molar-refractivity contribution is -0.131. The molecule has 17 heavy (non-hydrogen) atoms. The number of carbonyl (C=O) groups excluding carboxylic acids is 1. The zero-order valence-electron chi connectivity index (χ0n) is 8.98. The minimum absolute atomic E-state index is 0.143. The summed E-state index contributed by atoms with van der Waals surface area (Å²) in [6.45, 7) is 0. The van der Waals surface area contributed by atoms with Crippen molar-refractivity contribution in [2.75, 3.05) is 14.2 Å². The van der Waals surface area contributed by atoms with E-state index in [1.165, 1.54) is 7.11 Å². The fraction of sp³-hybridized carbons (Fsp3) is 0.200. The Morgan fingerprint density at radius 3 is 2.29 bits per heavy atom. The molecule has 1 aromatic rings. The van der Waals surface area contributed by atoms with E-state index in [1.807, 2.05) is 0 Å². The van der Waals surface area contributed by atoms with E-state index in [1.54, 1.807) is 0 Å². The van der Waals surface area contributed by atoms with E-state index in [9.17, 15) is 19.1 Å². The van der Waals surface area contributed by atoms with E-state index in [0.717, 1.165) is 13.2 Å². The third kappa shape index (κ3) is 2.12. The van der Waals surface area contributed by atoms with Gasteiger partial charge in [-0.15, -0.1) is 0 Å². The van der Waals surface area contributed by atoms with Crippen LogP contribution in [0.3, 0.4) is 0 Å². The summed E-state index contributed by atoms with van der Waals surface area (Å²) in [6, 6.07) is 0.882. The molecule has 6 nitrogen and oxygen atoms in total. The molecule has 0 unspecified atom stereocenters. The molecule has 0 atom stereocenters. The van der Waals surface area contributed by atoms with Crippen molar-refractivity contribution in [1.29, 1.82) is 0 Å². The number of carboxylic acids is 1. The Morgan fingerprint density at radius 1 is 1.29 bits per heavy atom. The number of rotatable bonds is 4. The minimum atomic E-state index is -1.87. The van der Waals surface area contributed by atoms with E-state index < -0.39 is 28.9 Å². The van der Waals surface area contributed by atoms with Gasteiger partial charge in [-0.05, 0) is 0 Å². The normalized spacial score (nSPS) is 9.82. The lowest BCUT2D eigenvalue weighted by atomic mass is 10.1. The average Bonchev–Trinajstić information content (AvgIpc) is 2.30. The number of phenolic OH excluding ortho intramolecular Hbond substituents is 1. The molecule has 0 amide bonds. The lowest BCUT2D eigenvalue weighted by Crippen LogP contribution is -2.16. The zero-order chi connectivity index (χ0) is 13.2. The van der Waals surface area contributed by atoms with Gasteiger partial charge in [-0.2, -0.15) is 0 Å². The number of halogens is 1. The average molecular weight is 244 g/mol. The molecular weight excluding hydrogens is 235 g/mol. The Kier molecular flexibility index (Phi) is 3.52. The van der Waals surface area contributed by atoms with Crippen molar-refractivity contribution >= 4 is 11.8 Å². The fourth-order valence-corrected chi connectivity index (χ4v) is 1.27. The van der Waals surface area contributed by atoms with Crippen LogP contribution in [0.1, 0.15) is 10.4 Å². The number of ether oxygens (including phenoxy) is 2. The quantitative estimate of drug-likeness (QED) is 0.601. The third-order valence-corrected chi connectivity index (χ3v) is 2.01. The molecule has 0 aliphatic carbocycles. The van der Waals surface area contributed by atoms with Gasteiger partial charge in [-0.3, -0.25) is 4.79 Å². The Hall–Kier alpha value is -2.31. The molecule has 0 bridgehead atoms. The highest BCUT2D eigenvalue weighted by molar-refractivity contribution is 6.40. The van der Waals surface area contributed by atoms with Crippen LogP contribution in [0.5, 0.6) is 17.2 Å². The summed E-state index contributed by atoms with van der Waals surface area (Å²) in [5.74, 6) is -6.18. The molecule has 2 N–H and O–H groups in total. The molecule has 1 rings (SSSR count). The van der Waals surface area contributed by atoms with Gasteiger partial charge in [0.1, 0.15) is 5.56 Å². The van der Waals surface area contributed by atoms with Crippen LogP contribution in [0.4, 0.5) is 4.39 Å². The molecule has 0 radical (unpaired) electrons. The number of carbonyl (C=O) groups is 2. The van der Waals surface area contributed by atoms with Crippen LogP contribution in [0, 0.1) is 5.82 Å². The highest BCUT2D eigenvalue weighted by Gasteiger charge is 2.29. The fourth-order valence-electron chi connectivity index (χ4n) is 1.27. The van der Waals surface area contributed by atoms with Gasteiger partial charge in [-0.25, -0.2) is 9.18 Å². The topological polar surface area (TPSA) is 93.1 Å². The van der Waals surface area contributed by atoms with Gasteiger partial charge >= 0.3 is 5.97 Å². The summed E-state index contributed by atoms with van der Waals surface area (Å²) in [4.78, 5) is 21.8. The van der Waals surface area contributed by atoms with Gasteiger partial charge < -0.3 is 19.7 Å². The number of aliphatic carboxylic acids is 1. The number of hydrogen-bond acceptors (Lipinski definition) is 5. The molecular formula is C10H9FO6. The second kappa shape index (κ2) is 4.69. The first-order valence-electron chi connectivity index (χ1n) is 4.35. The van der Waals surface area contributed by atoms with Crippen molar-refractivity contribution < 1.29 is 33.7 Å². The van der Waals surface area contributed by atoms with Crippen LogP contribution in [-0.2, 0) is 4.79 Å². The van der Waals surface area contributed by atoms with Gasteiger partial charge in [0.15, 0.2) is 23.1 Å². The van der Waals surface area contributed by atoms with Gasteiger partial charge in [0.2, 0.25) is 0 Å².